The molecule has 0 unspecified atom stereocenters. The third-order valence-corrected chi connectivity index (χ3v) is 3.48. The molecule has 1 heterocycles. The summed E-state index contributed by atoms with van der Waals surface area (Å²) in [5, 5.41) is 7.05. The summed E-state index contributed by atoms with van der Waals surface area (Å²) in [4.78, 5) is 8.41. The number of hydrogen-bond donors (Lipinski definition) is 2. The molecular weight excluding hydrogens is 338 g/mol. The zero-order valence-corrected chi connectivity index (χ0v) is 13.2. The molecule has 23 heavy (non-hydrogen) atoms. The first-order valence-electron chi connectivity index (χ1n) is 6.68. The minimum atomic E-state index is -0.336. The van der Waals surface area contributed by atoms with Crippen molar-refractivity contribution in [1.29, 1.82) is 0 Å². The highest BCUT2D eigenvalue weighted by molar-refractivity contribution is 6.36. The van der Waals surface area contributed by atoms with Crippen molar-refractivity contribution in [1.82, 2.24) is 9.97 Å². The Kier molecular flexibility index (Phi) is 4.60. The minimum absolute atomic E-state index is 0.336. The van der Waals surface area contributed by atoms with Gasteiger partial charge in [-0.05, 0) is 42.5 Å². The highest BCUT2D eigenvalue weighted by Gasteiger charge is 2.05. The standard InChI is InChI=1S/C16H11Cl2FN4/c17-10-4-5-14(13(18)8-10)22-15-6-7-20-16(23-15)21-12-3-1-2-11(19)9-12/h1-9H,(H2,20,21,22,23). The molecule has 1 aromatic heterocycles. The van der Waals surface area contributed by atoms with Gasteiger partial charge in [-0.15, -0.1) is 0 Å². The molecule has 0 aliphatic heterocycles. The molecule has 0 aliphatic carbocycles. The topological polar surface area (TPSA) is 49.8 Å². The molecule has 4 nitrogen and oxygen atoms in total. The molecule has 0 spiro atoms. The van der Waals surface area contributed by atoms with E-state index in [9.17, 15) is 4.39 Å². The molecule has 0 fully saturated rings. The summed E-state index contributed by atoms with van der Waals surface area (Å²) in [6, 6.07) is 12.9. The quantitative estimate of drug-likeness (QED) is 0.661. The fourth-order valence-corrected chi connectivity index (χ4v) is 2.37. The Balaban J connectivity index is 1.79. The van der Waals surface area contributed by atoms with E-state index < -0.39 is 0 Å². The van der Waals surface area contributed by atoms with Gasteiger partial charge in [0.25, 0.3) is 0 Å². The van der Waals surface area contributed by atoms with Crippen LogP contribution >= 0.6 is 23.2 Å². The highest BCUT2D eigenvalue weighted by atomic mass is 35.5. The molecule has 0 amide bonds. The van der Waals surface area contributed by atoms with E-state index in [0.717, 1.165) is 0 Å². The second kappa shape index (κ2) is 6.81. The molecule has 0 aliphatic rings. The molecule has 0 radical (unpaired) electrons. The van der Waals surface area contributed by atoms with Crippen LogP contribution in [0.4, 0.5) is 27.5 Å². The van der Waals surface area contributed by atoms with E-state index >= 15 is 0 Å². The van der Waals surface area contributed by atoms with E-state index in [0.29, 0.717) is 33.2 Å². The average molecular weight is 349 g/mol. The van der Waals surface area contributed by atoms with Gasteiger partial charge in [-0.2, -0.15) is 4.98 Å². The summed E-state index contributed by atoms with van der Waals surface area (Å²) in [6.45, 7) is 0. The summed E-state index contributed by atoms with van der Waals surface area (Å²) in [5.74, 6) is 0.547. The van der Waals surface area contributed by atoms with Crippen molar-refractivity contribution in [3.8, 4) is 0 Å². The lowest BCUT2D eigenvalue weighted by Gasteiger charge is -2.10. The second-order valence-electron chi connectivity index (χ2n) is 4.65. The smallest absolute Gasteiger partial charge is 0.229 e. The Labute approximate surface area is 142 Å². The van der Waals surface area contributed by atoms with Crippen LogP contribution in [0.3, 0.4) is 0 Å². The normalized spacial score (nSPS) is 10.4. The summed E-state index contributed by atoms with van der Waals surface area (Å²) < 4.78 is 13.2. The number of nitrogens with zero attached hydrogens (tertiary/aromatic N) is 2. The molecule has 0 saturated carbocycles. The predicted octanol–water partition coefficient (Wildman–Crippen LogP) is 5.41. The van der Waals surface area contributed by atoms with Crippen LogP contribution in [0.5, 0.6) is 0 Å². The van der Waals surface area contributed by atoms with Crippen molar-refractivity contribution in [3.05, 3.63) is 70.6 Å². The first-order chi connectivity index (χ1) is 11.1. The maximum Gasteiger partial charge on any atom is 0.229 e. The van der Waals surface area contributed by atoms with Crippen molar-refractivity contribution in [3.63, 3.8) is 0 Å². The van der Waals surface area contributed by atoms with Gasteiger partial charge in [0.05, 0.1) is 10.7 Å². The Hall–Kier alpha value is -2.37. The molecular formula is C16H11Cl2FN4. The number of benzene rings is 2. The summed E-state index contributed by atoms with van der Waals surface area (Å²) in [7, 11) is 0. The van der Waals surface area contributed by atoms with Gasteiger partial charge in [0.15, 0.2) is 0 Å². The molecule has 3 rings (SSSR count). The average Bonchev–Trinajstić information content (AvgIpc) is 2.51. The van der Waals surface area contributed by atoms with Gasteiger partial charge < -0.3 is 10.6 Å². The van der Waals surface area contributed by atoms with Gasteiger partial charge in [-0.1, -0.05) is 29.3 Å². The van der Waals surface area contributed by atoms with Crippen molar-refractivity contribution in [2.45, 2.75) is 0 Å². The van der Waals surface area contributed by atoms with Crippen LogP contribution < -0.4 is 10.6 Å². The van der Waals surface area contributed by atoms with Gasteiger partial charge in [-0.25, -0.2) is 9.37 Å². The van der Waals surface area contributed by atoms with E-state index in [-0.39, 0.29) is 5.82 Å². The van der Waals surface area contributed by atoms with E-state index in [4.69, 9.17) is 23.2 Å². The fourth-order valence-electron chi connectivity index (χ4n) is 1.91. The lowest BCUT2D eigenvalue weighted by molar-refractivity contribution is 0.628. The third-order valence-electron chi connectivity index (χ3n) is 2.93. The van der Waals surface area contributed by atoms with Crippen molar-refractivity contribution < 1.29 is 4.39 Å². The maximum atomic E-state index is 13.2. The van der Waals surface area contributed by atoms with E-state index in [2.05, 4.69) is 20.6 Å². The van der Waals surface area contributed by atoms with Crippen LogP contribution in [0.15, 0.2) is 54.7 Å². The first kappa shape index (κ1) is 15.5. The molecule has 3 aromatic rings. The summed E-state index contributed by atoms with van der Waals surface area (Å²) in [6.07, 6.45) is 1.58. The molecule has 116 valence electrons. The van der Waals surface area contributed by atoms with Crippen LogP contribution in [0.1, 0.15) is 0 Å². The predicted molar refractivity (Wildman–Crippen MR) is 91.5 cm³/mol. The summed E-state index contributed by atoms with van der Waals surface area (Å²) >= 11 is 12.0. The molecule has 2 N–H and O–H groups in total. The van der Waals surface area contributed by atoms with Crippen molar-refractivity contribution in [2.75, 3.05) is 10.6 Å². The van der Waals surface area contributed by atoms with Crippen LogP contribution in [0, 0.1) is 5.82 Å². The van der Waals surface area contributed by atoms with Crippen LogP contribution in [-0.2, 0) is 0 Å². The van der Waals surface area contributed by atoms with Gasteiger partial charge in [0.1, 0.15) is 11.6 Å². The number of anilines is 4. The maximum absolute atomic E-state index is 13.2. The second-order valence-corrected chi connectivity index (χ2v) is 5.49. The van der Waals surface area contributed by atoms with Gasteiger partial charge in [0, 0.05) is 16.9 Å². The lowest BCUT2D eigenvalue weighted by atomic mass is 10.3. The van der Waals surface area contributed by atoms with E-state index in [1.807, 2.05) is 0 Å². The number of rotatable bonds is 4. The molecule has 7 heteroatoms. The number of nitrogens with one attached hydrogen (secondary N) is 2. The van der Waals surface area contributed by atoms with E-state index in [1.54, 1.807) is 42.6 Å². The highest BCUT2D eigenvalue weighted by Crippen LogP contribution is 2.28. The number of halogens is 3. The minimum Gasteiger partial charge on any atom is -0.339 e. The van der Waals surface area contributed by atoms with Crippen molar-refractivity contribution in [2.24, 2.45) is 0 Å². The Morgan fingerprint density at radius 3 is 2.61 bits per heavy atom. The zero-order valence-electron chi connectivity index (χ0n) is 11.7. The number of aromatic nitrogens is 2. The Morgan fingerprint density at radius 1 is 0.957 bits per heavy atom. The molecule has 2 aromatic carbocycles. The third kappa shape index (κ3) is 4.09. The first-order valence-corrected chi connectivity index (χ1v) is 7.43. The zero-order chi connectivity index (χ0) is 16.2. The van der Waals surface area contributed by atoms with Gasteiger partial charge in [0.2, 0.25) is 5.95 Å². The number of hydrogen-bond acceptors (Lipinski definition) is 4. The molecule has 0 atom stereocenters. The monoisotopic (exact) mass is 348 g/mol. The van der Waals surface area contributed by atoms with Gasteiger partial charge in [-0.3, -0.25) is 0 Å². The largest absolute Gasteiger partial charge is 0.339 e. The van der Waals surface area contributed by atoms with Gasteiger partial charge >= 0.3 is 0 Å². The van der Waals surface area contributed by atoms with Crippen LogP contribution in [0.25, 0.3) is 0 Å². The Morgan fingerprint density at radius 2 is 1.83 bits per heavy atom. The molecule has 0 bridgehead atoms. The molecule has 0 saturated heterocycles. The van der Waals surface area contributed by atoms with Crippen LogP contribution in [0.2, 0.25) is 10.0 Å². The van der Waals surface area contributed by atoms with Crippen LogP contribution in [-0.4, -0.2) is 9.97 Å². The fraction of sp³-hybridized carbons (Fsp3) is 0. The van der Waals surface area contributed by atoms with E-state index in [1.165, 1.54) is 12.1 Å². The lowest BCUT2D eigenvalue weighted by Crippen LogP contribution is -2.00. The Bertz CT molecular complexity index is 842. The SMILES string of the molecule is Fc1cccc(Nc2nccc(Nc3ccc(Cl)cc3Cl)n2)c1. The van der Waals surface area contributed by atoms with Crippen molar-refractivity contribution >= 4 is 46.3 Å². The summed E-state index contributed by atoms with van der Waals surface area (Å²) in [5.41, 5.74) is 1.23.